The van der Waals surface area contributed by atoms with Crippen molar-refractivity contribution in [2.75, 3.05) is 5.75 Å². The van der Waals surface area contributed by atoms with Gasteiger partial charge in [0.05, 0.1) is 5.25 Å². The molecule has 6 N–H and O–H groups in total. The van der Waals surface area contributed by atoms with Gasteiger partial charge in [0.1, 0.15) is 6.04 Å². The first kappa shape index (κ1) is 13.7. The van der Waals surface area contributed by atoms with Crippen LogP contribution in [-0.2, 0) is 9.59 Å². The van der Waals surface area contributed by atoms with Gasteiger partial charge in [-0.1, -0.05) is 0 Å². The molecule has 7 nitrogen and oxygen atoms in total. The summed E-state index contributed by atoms with van der Waals surface area (Å²) in [5, 5.41) is 9.77. The van der Waals surface area contributed by atoms with E-state index in [2.05, 4.69) is 0 Å². The molecule has 0 spiro atoms. The van der Waals surface area contributed by atoms with Crippen molar-refractivity contribution < 1.29 is 19.5 Å². The lowest BCUT2D eigenvalue weighted by molar-refractivity contribution is -0.138. The number of amides is 3. The number of hydrogen-bond acceptors (Lipinski definition) is 5. The highest BCUT2D eigenvalue weighted by Crippen LogP contribution is 2.11. The lowest BCUT2D eigenvalue weighted by atomic mass is 10.4. The van der Waals surface area contributed by atoms with Crippen molar-refractivity contribution in [3.8, 4) is 0 Å². The normalized spacial score (nSPS) is 14.0. The molecule has 15 heavy (non-hydrogen) atoms. The molecule has 0 rings (SSSR count). The Labute approximate surface area is 90.6 Å². The molecular formula is C7H13N3O4S. The summed E-state index contributed by atoms with van der Waals surface area (Å²) < 4.78 is 0. The van der Waals surface area contributed by atoms with Crippen LogP contribution in [0.1, 0.15) is 6.92 Å². The molecule has 0 aromatic carbocycles. The van der Waals surface area contributed by atoms with Crippen molar-refractivity contribution in [1.82, 2.24) is 5.32 Å². The van der Waals surface area contributed by atoms with Gasteiger partial charge in [-0.2, -0.15) is 0 Å². The van der Waals surface area contributed by atoms with Crippen LogP contribution in [0.5, 0.6) is 0 Å². The molecule has 86 valence electrons. The monoisotopic (exact) mass is 235 g/mol. The fourth-order valence-corrected chi connectivity index (χ4v) is 1.47. The molecule has 0 heterocycles. The zero-order chi connectivity index (χ0) is 12.0. The number of carbonyl (C=O) groups excluding carboxylic acids is 2. The summed E-state index contributed by atoms with van der Waals surface area (Å²) >= 11 is 1.04. The number of imide groups is 1. The summed E-state index contributed by atoms with van der Waals surface area (Å²) in [5.74, 6) is -1.61. The van der Waals surface area contributed by atoms with Gasteiger partial charge in [-0.25, -0.2) is 4.79 Å². The van der Waals surface area contributed by atoms with Crippen molar-refractivity contribution >= 4 is 29.7 Å². The van der Waals surface area contributed by atoms with Crippen molar-refractivity contribution in [3.05, 3.63) is 0 Å². The standard InChI is InChI=1S/C7H13N3O4S/c1-3(5(11)10-7(9)14)15-2-4(8)6(12)13/h3-4H,2,8H2,1H3,(H,12,13)(H3,9,10,11,14)/t3?,4-/m0/s1. The summed E-state index contributed by atoms with van der Waals surface area (Å²) in [6.07, 6.45) is 0. The predicted octanol–water partition coefficient (Wildman–Crippen LogP) is -1.29. The fraction of sp³-hybridized carbons (Fsp3) is 0.571. The lowest BCUT2D eigenvalue weighted by Gasteiger charge is -2.11. The Morgan fingerprint density at radius 1 is 1.47 bits per heavy atom. The van der Waals surface area contributed by atoms with Gasteiger partial charge < -0.3 is 16.6 Å². The van der Waals surface area contributed by atoms with Crippen LogP contribution in [0.25, 0.3) is 0 Å². The van der Waals surface area contributed by atoms with Gasteiger partial charge in [0.25, 0.3) is 0 Å². The van der Waals surface area contributed by atoms with Crippen LogP contribution in [0, 0.1) is 0 Å². The Balaban J connectivity index is 3.93. The molecule has 3 amide bonds. The third kappa shape index (κ3) is 5.92. The maximum absolute atomic E-state index is 11.1. The third-order valence-corrected chi connectivity index (χ3v) is 2.72. The van der Waals surface area contributed by atoms with E-state index in [1.807, 2.05) is 5.32 Å². The Bertz CT molecular complexity index is 271. The molecule has 0 aliphatic heterocycles. The second kappa shape index (κ2) is 6.25. The van der Waals surface area contributed by atoms with Crippen LogP contribution in [0.15, 0.2) is 0 Å². The second-order valence-electron chi connectivity index (χ2n) is 2.77. The zero-order valence-corrected chi connectivity index (χ0v) is 8.91. The van der Waals surface area contributed by atoms with Gasteiger partial charge in [0.2, 0.25) is 5.91 Å². The maximum atomic E-state index is 11.1. The number of urea groups is 1. The number of carboxylic acid groups (broad SMARTS) is 1. The van der Waals surface area contributed by atoms with E-state index in [0.29, 0.717) is 0 Å². The quantitative estimate of drug-likeness (QED) is 0.468. The fourth-order valence-electron chi connectivity index (χ4n) is 0.618. The van der Waals surface area contributed by atoms with Crippen LogP contribution in [0.4, 0.5) is 4.79 Å². The number of carboxylic acids is 1. The topological polar surface area (TPSA) is 136 Å². The minimum absolute atomic E-state index is 0.0860. The Hall–Kier alpha value is -1.28. The second-order valence-corrected chi connectivity index (χ2v) is 4.15. The molecule has 2 atom stereocenters. The van der Waals surface area contributed by atoms with E-state index in [9.17, 15) is 14.4 Å². The Morgan fingerprint density at radius 2 is 2.00 bits per heavy atom. The highest BCUT2D eigenvalue weighted by Gasteiger charge is 2.18. The Kier molecular flexibility index (Phi) is 5.72. The number of rotatable bonds is 5. The molecule has 8 heteroatoms. The van der Waals surface area contributed by atoms with Crippen molar-refractivity contribution in [2.45, 2.75) is 18.2 Å². The highest BCUT2D eigenvalue weighted by molar-refractivity contribution is 8.00. The number of thioether (sulfide) groups is 1. The number of primary amides is 1. The largest absolute Gasteiger partial charge is 0.480 e. The first-order valence-corrected chi connectivity index (χ1v) is 5.09. The first-order chi connectivity index (χ1) is 6.84. The smallest absolute Gasteiger partial charge is 0.321 e. The average molecular weight is 235 g/mol. The zero-order valence-electron chi connectivity index (χ0n) is 8.10. The van der Waals surface area contributed by atoms with Crippen LogP contribution in [-0.4, -0.2) is 40.1 Å². The summed E-state index contributed by atoms with van der Waals surface area (Å²) in [6.45, 7) is 1.53. The van der Waals surface area contributed by atoms with Crippen LogP contribution in [0.3, 0.4) is 0 Å². The summed E-state index contributed by atoms with van der Waals surface area (Å²) in [5.41, 5.74) is 9.96. The molecule has 0 saturated carbocycles. The molecule has 0 saturated heterocycles. The van der Waals surface area contributed by atoms with Gasteiger partial charge in [-0.15, -0.1) is 11.8 Å². The molecule has 0 aromatic rings. The summed E-state index contributed by atoms with van der Waals surface area (Å²) in [4.78, 5) is 31.8. The van der Waals surface area contributed by atoms with E-state index in [4.69, 9.17) is 16.6 Å². The molecule has 0 aromatic heterocycles. The number of nitrogens with one attached hydrogen (secondary N) is 1. The van der Waals surface area contributed by atoms with Gasteiger partial charge in [-0.05, 0) is 6.92 Å². The van der Waals surface area contributed by atoms with E-state index in [1.54, 1.807) is 0 Å². The highest BCUT2D eigenvalue weighted by atomic mass is 32.2. The van der Waals surface area contributed by atoms with Gasteiger partial charge in [-0.3, -0.25) is 14.9 Å². The molecule has 1 unspecified atom stereocenters. The van der Waals surface area contributed by atoms with E-state index < -0.39 is 29.2 Å². The van der Waals surface area contributed by atoms with Crippen LogP contribution >= 0.6 is 11.8 Å². The van der Waals surface area contributed by atoms with Crippen molar-refractivity contribution in [3.63, 3.8) is 0 Å². The summed E-state index contributed by atoms with van der Waals surface area (Å²) in [6, 6.07) is -1.96. The van der Waals surface area contributed by atoms with Gasteiger partial charge in [0.15, 0.2) is 0 Å². The van der Waals surface area contributed by atoms with Gasteiger partial charge >= 0.3 is 12.0 Å². The van der Waals surface area contributed by atoms with E-state index >= 15 is 0 Å². The molecule has 0 radical (unpaired) electrons. The SMILES string of the molecule is CC(SC[C@H](N)C(=O)O)C(=O)NC(N)=O. The molecular weight excluding hydrogens is 222 g/mol. The molecule has 0 fully saturated rings. The van der Waals surface area contributed by atoms with Crippen molar-refractivity contribution in [1.29, 1.82) is 0 Å². The Morgan fingerprint density at radius 3 is 2.40 bits per heavy atom. The molecule has 0 aliphatic carbocycles. The van der Waals surface area contributed by atoms with Crippen molar-refractivity contribution in [2.24, 2.45) is 11.5 Å². The lowest BCUT2D eigenvalue weighted by Crippen LogP contribution is -2.40. The number of hydrogen-bond donors (Lipinski definition) is 4. The van der Waals surface area contributed by atoms with E-state index in [-0.39, 0.29) is 5.75 Å². The number of carbonyl (C=O) groups is 3. The average Bonchev–Trinajstić information content (AvgIpc) is 2.12. The van der Waals surface area contributed by atoms with E-state index in [0.717, 1.165) is 11.8 Å². The number of nitrogens with two attached hydrogens (primary N) is 2. The molecule has 0 bridgehead atoms. The number of aliphatic carboxylic acids is 1. The van der Waals surface area contributed by atoms with E-state index in [1.165, 1.54) is 6.92 Å². The predicted molar refractivity (Wildman–Crippen MR) is 55.3 cm³/mol. The first-order valence-electron chi connectivity index (χ1n) is 4.05. The van der Waals surface area contributed by atoms with Gasteiger partial charge in [0, 0.05) is 5.75 Å². The third-order valence-electron chi connectivity index (χ3n) is 1.46. The van der Waals surface area contributed by atoms with Crippen LogP contribution < -0.4 is 16.8 Å². The molecule has 0 aliphatic rings. The minimum atomic E-state index is -1.13. The minimum Gasteiger partial charge on any atom is -0.480 e. The maximum Gasteiger partial charge on any atom is 0.321 e. The van der Waals surface area contributed by atoms with Crippen LogP contribution in [0.2, 0.25) is 0 Å². The summed E-state index contributed by atoms with van der Waals surface area (Å²) in [7, 11) is 0.